The highest BCUT2D eigenvalue weighted by Crippen LogP contribution is 2.18. The predicted molar refractivity (Wildman–Crippen MR) is 72.5 cm³/mol. The van der Waals surface area contributed by atoms with Crippen molar-refractivity contribution in [1.29, 1.82) is 0 Å². The van der Waals surface area contributed by atoms with Crippen molar-refractivity contribution in [3.05, 3.63) is 53.0 Å². The summed E-state index contributed by atoms with van der Waals surface area (Å²) >= 11 is 0. The molecule has 2 rings (SSSR count). The lowest BCUT2D eigenvalue weighted by Crippen LogP contribution is -2.15. The number of pyridine rings is 1. The SMILES string of the molecule is Cc1ccc(NC(=O)c2cc(N)cc(C)c2F)nc1. The molecular formula is C14H14FN3O. The van der Waals surface area contributed by atoms with Gasteiger partial charge in [0.15, 0.2) is 0 Å². The number of nitrogen functional groups attached to an aromatic ring is 1. The topological polar surface area (TPSA) is 68.0 Å². The number of nitrogens with one attached hydrogen (secondary N) is 1. The molecule has 0 bridgehead atoms. The van der Waals surface area contributed by atoms with Crippen LogP contribution in [0.1, 0.15) is 21.5 Å². The second-order valence-electron chi connectivity index (χ2n) is 4.37. The molecule has 0 saturated carbocycles. The Morgan fingerprint density at radius 1 is 1.32 bits per heavy atom. The number of nitrogens with zero attached hydrogens (tertiary/aromatic N) is 1. The lowest BCUT2D eigenvalue weighted by molar-refractivity contribution is 0.102. The molecule has 0 aliphatic rings. The number of hydrogen-bond acceptors (Lipinski definition) is 3. The summed E-state index contributed by atoms with van der Waals surface area (Å²) in [4.78, 5) is 16.0. The van der Waals surface area contributed by atoms with E-state index in [1.807, 2.05) is 13.0 Å². The predicted octanol–water partition coefficient (Wildman–Crippen LogP) is 2.67. The Hall–Kier alpha value is -2.43. The van der Waals surface area contributed by atoms with E-state index < -0.39 is 11.7 Å². The van der Waals surface area contributed by atoms with Crippen LogP contribution in [0.5, 0.6) is 0 Å². The highest BCUT2D eigenvalue weighted by Gasteiger charge is 2.15. The van der Waals surface area contributed by atoms with Crippen molar-refractivity contribution in [2.24, 2.45) is 0 Å². The van der Waals surface area contributed by atoms with Crippen molar-refractivity contribution in [2.75, 3.05) is 11.1 Å². The van der Waals surface area contributed by atoms with Crippen LogP contribution in [-0.4, -0.2) is 10.9 Å². The molecule has 5 heteroatoms. The summed E-state index contributed by atoms with van der Waals surface area (Å²) in [5, 5.41) is 2.54. The molecule has 0 atom stereocenters. The van der Waals surface area contributed by atoms with Gasteiger partial charge in [0.05, 0.1) is 5.56 Å². The molecule has 1 aromatic carbocycles. The second-order valence-corrected chi connectivity index (χ2v) is 4.37. The first-order chi connectivity index (χ1) is 8.97. The zero-order chi connectivity index (χ0) is 14.0. The number of carbonyl (C=O) groups is 1. The van der Waals surface area contributed by atoms with Crippen LogP contribution in [0, 0.1) is 19.7 Å². The molecule has 4 nitrogen and oxygen atoms in total. The first-order valence-corrected chi connectivity index (χ1v) is 5.77. The van der Waals surface area contributed by atoms with E-state index in [4.69, 9.17) is 5.73 Å². The van der Waals surface area contributed by atoms with E-state index in [-0.39, 0.29) is 5.56 Å². The number of amides is 1. The molecule has 1 amide bonds. The second kappa shape index (κ2) is 5.06. The molecule has 0 spiro atoms. The highest BCUT2D eigenvalue weighted by molar-refractivity contribution is 6.04. The molecule has 0 aliphatic carbocycles. The van der Waals surface area contributed by atoms with Crippen LogP contribution in [0.15, 0.2) is 30.5 Å². The van der Waals surface area contributed by atoms with E-state index in [2.05, 4.69) is 10.3 Å². The van der Waals surface area contributed by atoms with E-state index in [1.165, 1.54) is 12.1 Å². The van der Waals surface area contributed by atoms with Gasteiger partial charge in [0.2, 0.25) is 0 Å². The largest absolute Gasteiger partial charge is 0.399 e. The summed E-state index contributed by atoms with van der Waals surface area (Å²) in [7, 11) is 0. The highest BCUT2D eigenvalue weighted by atomic mass is 19.1. The van der Waals surface area contributed by atoms with Gasteiger partial charge in [-0.15, -0.1) is 0 Å². The van der Waals surface area contributed by atoms with Crippen LogP contribution >= 0.6 is 0 Å². The van der Waals surface area contributed by atoms with Crippen molar-refractivity contribution in [3.63, 3.8) is 0 Å². The Kier molecular flexibility index (Phi) is 3.46. The first-order valence-electron chi connectivity index (χ1n) is 5.77. The first kappa shape index (κ1) is 13.0. The number of nitrogens with two attached hydrogens (primary N) is 1. The smallest absolute Gasteiger partial charge is 0.259 e. The summed E-state index contributed by atoms with van der Waals surface area (Å²) in [5.41, 5.74) is 7.19. The molecule has 0 unspecified atom stereocenters. The van der Waals surface area contributed by atoms with Gasteiger partial charge in [-0.1, -0.05) is 6.07 Å². The number of hydrogen-bond donors (Lipinski definition) is 2. The van der Waals surface area contributed by atoms with E-state index in [0.29, 0.717) is 17.1 Å². The third-order valence-corrected chi connectivity index (χ3v) is 2.67. The van der Waals surface area contributed by atoms with E-state index >= 15 is 0 Å². The van der Waals surface area contributed by atoms with Gasteiger partial charge in [-0.25, -0.2) is 9.37 Å². The van der Waals surface area contributed by atoms with Crippen LogP contribution in [0.3, 0.4) is 0 Å². The number of carbonyl (C=O) groups excluding carboxylic acids is 1. The monoisotopic (exact) mass is 259 g/mol. The molecule has 0 aliphatic heterocycles. The Balaban J connectivity index is 2.27. The maximum Gasteiger partial charge on any atom is 0.259 e. The van der Waals surface area contributed by atoms with E-state index in [1.54, 1.807) is 19.2 Å². The fourth-order valence-corrected chi connectivity index (χ4v) is 1.69. The Morgan fingerprint density at radius 2 is 2.05 bits per heavy atom. The summed E-state index contributed by atoms with van der Waals surface area (Å²) in [6.07, 6.45) is 1.62. The normalized spacial score (nSPS) is 10.3. The van der Waals surface area contributed by atoms with Gasteiger partial charge in [0, 0.05) is 11.9 Å². The quantitative estimate of drug-likeness (QED) is 0.815. The van der Waals surface area contributed by atoms with Crippen molar-refractivity contribution >= 4 is 17.4 Å². The molecule has 0 saturated heterocycles. The third-order valence-electron chi connectivity index (χ3n) is 2.67. The van der Waals surface area contributed by atoms with Gasteiger partial charge >= 0.3 is 0 Å². The van der Waals surface area contributed by atoms with Crippen LogP contribution in [-0.2, 0) is 0 Å². The fourth-order valence-electron chi connectivity index (χ4n) is 1.69. The zero-order valence-corrected chi connectivity index (χ0v) is 10.7. The van der Waals surface area contributed by atoms with Gasteiger partial charge < -0.3 is 11.1 Å². The molecule has 19 heavy (non-hydrogen) atoms. The van der Waals surface area contributed by atoms with E-state index in [9.17, 15) is 9.18 Å². The Bertz CT molecular complexity index is 623. The molecule has 2 aromatic rings. The molecule has 1 aromatic heterocycles. The Labute approximate surface area is 110 Å². The van der Waals surface area contributed by atoms with Crippen molar-refractivity contribution in [1.82, 2.24) is 4.98 Å². The minimum absolute atomic E-state index is 0.0834. The third kappa shape index (κ3) is 2.88. The number of anilines is 2. The van der Waals surface area contributed by atoms with Crippen molar-refractivity contribution in [2.45, 2.75) is 13.8 Å². The molecule has 0 fully saturated rings. The summed E-state index contributed by atoms with van der Waals surface area (Å²) in [6, 6.07) is 6.26. The lowest BCUT2D eigenvalue weighted by atomic mass is 10.1. The minimum Gasteiger partial charge on any atom is -0.399 e. The molecule has 98 valence electrons. The maximum atomic E-state index is 13.9. The van der Waals surface area contributed by atoms with Crippen molar-refractivity contribution in [3.8, 4) is 0 Å². The zero-order valence-electron chi connectivity index (χ0n) is 10.7. The van der Waals surface area contributed by atoms with Gasteiger partial charge in [0.1, 0.15) is 11.6 Å². The van der Waals surface area contributed by atoms with Crippen LogP contribution in [0.25, 0.3) is 0 Å². The summed E-state index contributed by atoms with van der Waals surface area (Å²) in [5.74, 6) is -0.766. The number of aromatic nitrogens is 1. The number of benzene rings is 1. The van der Waals surface area contributed by atoms with Crippen molar-refractivity contribution < 1.29 is 9.18 Å². The summed E-state index contributed by atoms with van der Waals surface area (Å²) in [6.45, 7) is 3.45. The minimum atomic E-state index is -0.571. The number of halogens is 1. The van der Waals surface area contributed by atoms with Crippen LogP contribution < -0.4 is 11.1 Å². The summed E-state index contributed by atoms with van der Waals surface area (Å²) < 4.78 is 13.9. The number of rotatable bonds is 2. The maximum absolute atomic E-state index is 13.9. The Morgan fingerprint density at radius 3 is 2.68 bits per heavy atom. The average Bonchev–Trinajstić information content (AvgIpc) is 2.36. The molecule has 1 heterocycles. The van der Waals surface area contributed by atoms with Gasteiger partial charge in [-0.2, -0.15) is 0 Å². The lowest BCUT2D eigenvalue weighted by Gasteiger charge is -2.08. The molecule has 3 N–H and O–H groups in total. The van der Waals surface area contributed by atoms with Crippen LogP contribution in [0.2, 0.25) is 0 Å². The van der Waals surface area contributed by atoms with E-state index in [0.717, 1.165) is 5.56 Å². The number of aryl methyl sites for hydroxylation is 2. The standard InChI is InChI=1S/C14H14FN3O/c1-8-3-4-12(17-7-8)18-14(19)11-6-10(16)5-9(2)13(11)15/h3-7H,16H2,1-2H3,(H,17,18,19). The molecule has 0 radical (unpaired) electrons. The molecular weight excluding hydrogens is 245 g/mol. The average molecular weight is 259 g/mol. The fraction of sp³-hybridized carbons (Fsp3) is 0.143. The van der Waals surface area contributed by atoms with Gasteiger partial charge in [0.25, 0.3) is 5.91 Å². The van der Waals surface area contributed by atoms with Crippen LogP contribution in [0.4, 0.5) is 15.9 Å². The van der Waals surface area contributed by atoms with Gasteiger partial charge in [-0.3, -0.25) is 4.79 Å². The van der Waals surface area contributed by atoms with Gasteiger partial charge in [-0.05, 0) is 43.2 Å².